The normalized spacial score (nSPS) is 13.7. The van der Waals surface area contributed by atoms with Crippen molar-refractivity contribution in [3.63, 3.8) is 0 Å². The van der Waals surface area contributed by atoms with Gasteiger partial charge >= 0.3 is 6.18 Å². The van der Waals surface area contributed by atoms with Crippen molar-refractivity contribution in [2.24, 2.45) is 0 Å². The molecule has 2 aromatic heterocycles. The first-order valence-corrected chi connectivity index (χ1v) is 7.14. The molecular weight excluding hydrogens is 299 g/mol. The molecule has 0 bridgehead atoms. The minimum Gasteiger partial charge on any atom is -0.399 e. The Balaban J connectivity index is 2.28. The summed E-state index contributed by atoms with van der Waals surface area (Å²) in [7, 11) is 0. The van der Waals surface area contributed by atoms with Crippen molar-refractivity contribution in [1.82, 2.24) is 9.55 Å². The summed E-state index contributed by atoms with van der Waals surface area (Å²) in [5.74, 6) is -0.899. The van der Waals surface area contributed by atoms with Crippen LogP contribution in [-0.2, 0) is 6.18 Å². The molecule has 2 N–H and O–H groups in total. The first kappa shape index (κ1) is 13.9. The van der Waals surface area contributed by atoms with E-state index in [0.29, 0.717) is 11.2 Å². The monoisotopic (exact) mass is 311 g/mol. The van der Waals surface area contributed by atoms with Crippen LogP contribution >= 0.6 is 11.3 Å². The van der Waals surface area contributed by atoms with E-state index in [1.165, 1.54) is 22.0 Å². The summed E-state index contributed by atoms with van der Waals surface area (Å²) < 4.78 is 41.1. The lowest BCUT2D eigenvalue weighted by atomic mass is 10.2. The number of fused-ring (bicyclic) bond motifs is 1. The van der Waals surface area contributed by atoms with Gasteiger partial charge in [-0.2, -0.15) is 13.2 Å². The van der Waals surface area contributed by atoms with E-state index in [9.17, 15) is 13.2 Å². The van der Waals surface area contributed by atoms with Gasteiger partial charge in [0.15, 0.2) is 0 Å². The van der Waals surface area contributed by atoms with E-state index in [1.807, 2.05) is 17.5 Å². The van der Waals surface area contributed by atoms with E-state index in [2.05, 4.69) is 4.98 Å². The zero-order chi connectivity index (χ0) is 15.2. The maximum Gasteiger partial charge on any atom is 0.449 e. The Morgan fingerprint density at radius 3 is 2.67 bits per heavy atom. The van der Waals surface area contributed by atoms with Crippen molar-refractivity contribution >= 4 is 28.1 Å². The Labute approximate surface area is 122 Å². The van der Waals surface area contributed by atoms with Crippen molar-refractivity contribution in [1.29, 1.82) is 0 Å². The zero-order valence-electron chi connectivity index (χ0n) is 11.1. The van der Waals surface area contributed by atoms with Crippen LogP contribution in [0.25, 0.3) is 11.0 Å². The number of imidazole rings is 1. The Bertz CT molecular complexity index is 775. The largest absolute Gasteiger partial charge is 0.449 e. The number of nitrogens with zero attached hydrogens (tertiary/aromatic N) is 2. The highest BCUT2D eigenvalue weighted by molar-refractivity contribution is 7.10. The van der Waals surface area contributed by atoms with E-state index in [0.717, 1.165) is 4.88 Å². The molecule has 1 atom stereocenters. The predicted octanol–water partition coefficient (Wildman–Crippen LogP) is 4.31. The van der Waals surface area contributed by atoms with Crippen LogP contribution in [-0.4, -0.2) is 9.55 Å². The summed E-state index contributed by atoms with van der Waals surface area (Å²) in [6.45, 7) is 1.73. The highest BCUT2D eigenvalue weighted by atomic mass is 32.1. The summed E-state index contributed by atoms with van der Waals surface area (Å²) in [6.07, 6.45) is -4.51. The molecular formula is C14H12F3N3S. The van der Waals surface area contributed by atoms with Crippen LogP contribution in [0.2, 0.25) is 0 Å². The van der Waals surface area contributed by atoms with E-state index in [4.69, 9.17) is 5.73 Å². The van der Waals surface area contributed by atoms with Gasteiger partial charge in [0.05, 0.1) is 17.1 Å². The molecule has 110 valence electrons. The highest BCUT2D eigenvalue weighted by Gasteiger charge is 2.39. The summed E-state index contributed by atoms with van der Waals surface area (Å²) in [6, 6.07) is 7.82. The molecule has 21 heavy (non-hydrogen) atoms. The molecule has 0 saturated carbocycles. The van der Waals surface area contributed by atoms with Crippen molar-refractivity contribution < 1.29 is 13.2 Å². The van der Waals surface area contributed by atoms with Gasteiger partial charge in [0.2, 0.25) is 5.82 Å². The number of nitrogen functional groups attached to an aromatic ring is 1. The number of thiophene rings is 1. The smallest absolute Gasteiger partial charge is 0.399 e. The predicted molar refractivity (Wildman–Crippen MR) is 77.3 cm³/mol. The molecule has 0 saturated heterocycles. The third kappa shape index (κ3) is 2.37. The molecule has 0 aliphatic heterocycles. The Morgan fingerprint density at radius 1 is 1.29 bits per heavy atom. The van der Waals surface area contributed by atoms with Crippen molar-refractivity contribution in [3.05, 3.63) is 46.4 Å². The average Bonchev–Trinajstić information content (AvgIpc) is 3.03. The minimum absolute atomic E-state index is 0.255. The summed E-state index contributed by atoms with van der Waals surface area (Å²) >= 11 is 1.42. The molecule has 0 amide bonds. The molecule has 0 fully saturated rings. The average molecular weight is 311 g/mol. The van der Waals surface area contributed by atoms with E-state index in [1.54, 1.807) is 19.1 Å². The number of alkyl halides is 3. The minimum atomic E-state index is -4.51. The second kappa shape index (κ2) is 4.77. The van der Waals surface area contributed by atoms with Gasteiger partial charge in [-0.25, -0.2) is 4.98 Å². The van der Waals surface area contributed by atoms with Crippen LogP contribution in [0.15, 0.2) is 35.7 Å². The fraction of sp³-hybridized carbons (Fsp3) is 0.214. The third-order valence-electron chi connectivity index (χ3n) is 3.31. The third-order valence-corrected chi connectivity index (χ3v) is 4.35. The molecule has 2 heterocycles. The number of benzene rings is 1. The lowest BCUT2D eigenvalue weighted by Gasteiger charge is -2.17. The van der Waals surface area contributed by atoms with Gasteiger partial charge in [0.1, 0.15) is 0 Å². The first-order valence-electron chi connectivity index (χ1n) is 6.26. The maximum absolute atomic E-state index is 13.3. The molecule has 1 unspecified atom stereocenters. The topological polar surface area (TPSA) is 43.8 Å². The van der Waals surface area contributed by atoms with Crippen molar-refractivity contribution in [2.75, 3.05) is 5.73 Å². The Hall–Kier alpha value is -2.02. The maximum atomic E-state index is 13.3. The zero-order valence-corrected chi connectivity index (χ0v) is 11.9. The van der Waals surface area contributed by atoms with Gasteiger partial charge < -0.3 is 10.3 Å². The van der Waals surface area contributed by atoms with Gasteiger partial charge in [0.25, 0.3) is 0 Å². The molecule has 0 aliphatic carbocycles. The first-order chi connectivity index (χ1) is 9.88. The summed E-state index contributed by atoms with van der Waals surface area (Å²) in [5, 5.41) is 1.84. The lowest BCUT2D eigenvalue weighted by Crippen LogP contribution is -2.18. The van der Waals surface area contributed by atoms with Crippen LogP contribution in [0.1, 0.15) is 23.7 Å². The van der Waals surface area contributed by atoms with Gasteiger partial charge in [-0.05, 0) is 36.6 Å². The number of rotatable bonds is 2. The van der Waals surface area contributed by atoms with Gasteiger partial charge in [-0.1, -0.05) is 6.07 Å². The van der Waals surface area contributed by atoms with E-state index < -0.39 is 18.0 Å². The molecule has 0 spiro atoms. The van der Waals surface area contributed by atoms with Crippen LogP contribution in [0, 0.1) is 0 Å². The SMILES string of the molecule is CC(c1cccs1)n1c(C(F)(F)F)nc2cc(N)ccc21. The second-order valence-corrected chi connectivity index (χ2v) is 5.72. The quantitative estimate of drug-likeness (QED) is 0.717. The molecule has 1 aromatic carbocycles. The number of halogens is 3. The fourth-order valence-corrected chi connectivity index (χ4v) is 3.14. The molecule has 0 radical (unpaired) electrons. The molecule has 7 heteroatoms. The molecule has 0 aliphatic rings. The van der Waals surface area contributed by atoms with Crippen molar-refractivity contribution in [3.8, 4) is 0 Å². The summed E-state index contributed by atoms with van der Waals surface area (Å²) in [4.78, 5) is 4.58. The number of hydrogen-bond donors (Lipinski definition) is 1. The van der Waals surface area contributed by atoms with Crippen LogP contribution in [0.3, 0.4) is 0 Å². The Morgan fingerprint density at radius 2 is 2.05 bits per heavy atom. The van der Waals surface area contributed by atoms with Gasteiger partial charge in [0, 0.05) is 10.6 Å². The number of anilines is 1. The second-order valence-electron chi connectivity index (χ2n) is 4.74. The van der Waals surface area contributed by atoms with Crippen LogP contribution in [0.5, 0.6) is 0 Å². The van der Waals surface area contributed by atoms with Crippen molar-refractivity contribution in [2.45, 2.75) is 19.1 Å². The van der Waals surface area contributed by atoms with Crippen LogP contribution in [0.4, 0.5) is 18.9 Å². The van der Waals surface area contributed by atoms with Gasteiger partial charge in [-0.15, -0.1) is 11.3 Å². The summed E-state index contributed by atoms with van der Waals surface area (Å²) in [5.41, 5.74) is 6.71. The molecule has 3 rings (SSSR count). The standard InChI is InChI=1S/C14H12F3N3S/c1-8(12-3-2-6-21-12)20-11-5-4-9(18)7-10(11)19-13(20)14(15,16)17/h2-8H,18H2,1H3. The van der Waals surface area contributed by atoms with Gasteiger partial charge in [-0.3, -0.25) is 0 Å². The molecule has 3 nitrogen and oxygen atoms in total. The molecule has 3 aromatic rings. The van der Waals surface area contributed by atoms with Crippen LogP contribution < -0.4 is 5.73 Å². The van der Waals surface area contributed by atoms with E-state index >= 15 is 0 Å². The number of hydrogen-bond acceptors (Lipinski definition) is 3. The highest BCUT2D eigenvalue weighted by Crippen LogP contribution is 2.36. The number of aromatic nitrogens is 2. The Kier molecular flexibility index (Phi) is 3.16. The fourth-order valence-electron chi connectivity index (χ4n) is 2.36. The van der Waals surface area contributed by atoms with E-state index in [-0.39, 0.29) is 5.52 Å². The number of nitrogens with two attached hydrogens (primary N) is 1. The lowest BCUT2D eigenvalue weighted by molar-refractivity contribution is -0.147.